The van der Waals surface area contributed by atoms with E-state index in [1.807, 2.05) is 0 Å². The lowest BCUT2D eigenvalue weighted by molar-refractivity contribution is -0.139. The van der Waals surface area contributed by atoms with E-state index in [-0.39, 0.29) is 25.3 Å². The van der Waals surface area contributed by atoms with Crippen molar-refractivity contribution in [2.24, 2.45) is 0 Å². The molecule has 1 aliphatic rings. The van der Waals surface area contributed by atoms with Gasteiger partial charge in [0.25, 0.3) is 0 Å². The number of aliphatic carboxylic acids is 1. The number of imidazole rings is 1. The van der Waals surface area contributed by atoms with Gasteiger partial charge in [-0.2, -0.15) is 0 Å². The van der Waals surface area contributed by atoms with Gasteiger partial charge >= 0.3 is 12.0 Å². The Morgan fingerprint density at radius 1 is 1.48 bits per heavy atom. The summed E-state index contributed by atoms with van der Waals surface area (Å²) in [5, 5.41) is 14.3. The molecule has 4 N–H and O–H groups in total. The van der Waals surface area contributed by atoms with Gasteiger partial charge in [-0.15, -0.1) is 0 Å². The summed E-state index contributed by atoms with van der Waals surface area (Å²) in [6.45, 7) is 0.993. The third kappa shape index (κ3) is 4.20. The number of nitrogens with zero attached hydrogens (tertiary/aromatic N) is 2. The molecule has 3 amide bonds. The Bertz CT molecular complexity index is 516. The third-order valence-electron chi connectivity index (χ3n) is 3.17. The van der Waals surface area contributed by atoms with Crippen LogP contribution in [0, 0.1) is 0 Å². The zero-order valence-electron chi connectivity index (χ0n) is 11.3. The van der Waals surface area contributed by atoms with E-state index in [9.17, 15) is 19.5 Å². The number of amides is 3. The Hall–Kier alpha value is -2.58. The average Bonchev–Trinajstić information content (AvgIpc) is 2.85. The molecule has 2 rings (SSSR count). The summed E-state index contributed by atoms with van der Waals surface area (Å²) >= 11 is 0. The number of aromatic nitrogens is 2. The molecule has 1 saturated heterocycles. The summed E-state index contributed by atoms with van der Waals surface area (Å²) in [6, 6.07) is -1.54. The number of nitrogens with one attached hydrogen (secondary N) is 3. The summed E-state index contributed by atoms with van der Waals surface area (Å²) in [6.07, 6.45) is 3.29. The molecular weight excluding hydrogens is 278 g/mol. The first kappa shape index (κ1) is 14.8. The molecule has 114 valence electrons. The Labute approximate surface area is 120 Å². The van der Waals surface area contributed by atoms with E-state index in [0.717, 1.165) is 0 Å². The zero-order chi connectivity index (χ0) is 15.2. The van der Waals surface area contributed by atoms with Crippen LogP contribution >= 0.6 is 0 Å². The van der Waals surface area contributed by atoms with Crippen molar-refractivity contribution in [1.29, 1.82) is 0 Å². The Balaban J connectivity index is 1.94. The van der Waals surface area contributed by atoms with Crippen LogP contribution < -0.4 is 10.6 Å². The number of hydrogen-bond donors (Lipinski definition) is 4. The van der Waals surface area contributed by atoms with Crippen molar-refractivity contribution in [2.75, 3.05) is 19.6 Å². The molecule has 0 spiro atoms. The number of carbonyl (C=O) groups excluding carboxylic acids is 2. The van der Waals surface area contributed by atoms with Crippen LogP contribution in [0.25, 0.3) is 0 Å². The van der Waals surface area contributed by atoms with E-state index >= 15 is 0 Å². The minimum Gasteiger partial charge on any atom is -0.480 e. The van der Waals surface area contributed by atoms with Gasteiger partial charge in [-0.1, -0.05) is 0 Å². The second kappa shape index (κ2) is 6.73. The SMILES string of the molecule is O=C1CCN(C(=O)N[C@@H](Cc2cnc[nH]2)C(=O)O)CCN1. The maximum atomic E-state index is 12.1. The van der Waals surface area contributed by atoms with Crippen molar-refractivity contribution in [1.82, 2.24) is 25.5 Å². The topological polar surface area (TPSA) is 127 Å². The summed E-state index contributed by atoms with van der Waals surface area (Å²) in [5.41, 5.74) is 0.621. The quantitative estimate of drug-likeness (QED) is 0.563. The van der Waals surface area contributed by atoms with Crippen molar-refractivity contribution in [2.45, 2.75) is 18.9 Å². The lowest BCUT2D eigenvalue weighted by Crippen LogP contribution is -2.49. The zero-order valence-corrected chi connectivity index (χ0v) is 11.3. The van der Waals surface area contributed by atoms with E-state index in [4.69, 9.17) is 0 Å². The number of carboxylic acid groups (broad SMARTS) is 1. The van der Waals surface area contributed by atoms with Crippen molar-refractivity contribution in [3.63, 3.8) is 0 Å². The maximum Gasteiger partial charge on any atom is 0.326 e. The van der Waals surface area contributed by atoms with Crippen LogP contribution in [0.2, 0.25) is 0 Å². The highest BCUT2D eigenvalue weighted by Crippen LogP contribution is 2.02. The first-order chi connectivity index (χ1) is 10.1. The third-order valence-corrected chi connectivity index (χ3v) is 3.17. The van der Waals surface area contributed by atoms with Gasteiger partial charge in [-0.3, -0.25) is 4.79 Å². The van der Waals surface area contributed by atoms with Crippen LogP contribution in [-0.4, -0.2) is 63.6 Å². The molecule has 0 aliphatic carbocycles. The molecule has 9 nitrogen and oxygen atoms in total. The van der Waals surface area contributed by atoms with Crippen molar-refractivity contribution in [3.8, 4) is 0 Å². The lowest BCUT2D eigenvalue weighted by atomic mass is 10.1. The van der Waals surface area contributed by atoms with E-state index < -0.39 is 18.0 Å². The second-order valence-electron chi connectivity index (χ2n) is 4.71. The van der Waals surface area contributed by atoms with E-state index in [1.54, 1.807) is 0 Å². The van der Waals surface area contributed by atoms with E-state index in [1.165, 1.54) is 17.4 Å². The fraction of sp³-hybridized carbons (Fsp3) is 0.500. The van der Waals surface area contributed by atoms with Gasteiger partial charge in [0, 0.05) is 44.4 Å². The van der Waals surface area contributed by atoms with Crippen LogP contribution in [0.5, 0.6) is 0 Å². The first-order valence-electron chi connectivity index (χ1n) is 6.58. The molecular formula is C12H17N5O4. The lowest BCUT2D eigenvalue weighted by Gasteiger charge is -2.22. The second-order valence-corrected chi connectivity index (χ2v) is 4.71. The molecule has 9 heteroatoms. The minimum absolute atomic E-state index is 0.113. The highest BCUT2D eigenvalue weighted by Gasteiger charge is 2.25. The Morgan fingerprint density at radius 3 is 2.95 bits per heavy atom. The van der Waals surface area contributed by atoms with Crippen LogP contribution in [0.15, 0.2) is 12.5 Å². The minimum atomic E-state index is -1.12. The normalized spacial score (nSPS) is 16.8. The highest BCUT2D eigenvalue weighted by atomic mass is 16.4. The highest BCUT2D eigenvalue weighted by molar-refractivity contribution is 5.83. The molecule has 0 bridgehead atoms. The molecule has 0 unspecified atom stereocenters. The fourth-order valence-corrected chi connectivity index (χ4v) is 2.03. The van der Waals surface area contributed by atoms with Gasteiger partial charge in [0.1, 0.15) is 6.04 Å². The first-order valence-corrected chi connectivity index (χ1v) is 6.58. The number of carbonyl (C=O) groups is 3. The standard InChI is InChI=1S/C12H17N5O4/c18-10-1-3-17(4-2-14-10)12(21)16-9(11(19)20)5-8-6-13-7-15-8/h6-7,9H,1-5H2,(H,13,15)(H,14,18)(H,16,21)(H,19,20)/t9-/m0/s1. The predicted octanol–water partition coefficient (Wildman–Crippen LogP) is -1.06. The van der Waals surface area contributed by atoms with Gasteiger partial charge in [-0.25, -0.2) is 14.6 Å². The molecule has 0 aromatic carbocycles. The smallest absolute Gasteiger partial charge is 0.326 e. The van der Waals surface area contributed by atoms with Crippen molar-refractivity contribution >= 4 is 17.9 Å². The van der Waals surface area contributed by atoms with Crippen molar-refractivity contribution < 1.29 is 19.5 Å². The number of aromatic amines is 1. The Morgan fingerprint density at radius 2 is 2.29 bits per heavy atom. The van der Waals surface area contributed by atoms with Crippen LogP contribution in [0.1, 0.15) is 12.1 Å². The number of H-pyrrole nitrogens is 1. The van der Waals surface area contributed by atoms with Crippen LogP contribution in [0.3, 0.4) is 0 Å². The summed E-state index contributed by atoms with van der Waals surface area (Å²) < 4.78 is 0. The molecule has 1 atom stereocenters. The monoisotopic (exact) mass is 295 g/mol. The van der Waals surface area contributed by atoms with Gasteiger partial charge in [0.2, 0.25) is 5.91 Å². The molecule has 1 aromatic rings. The molecule has 1 aliphatic heterocycles. The molecule has 1 aromatic heterocycles. The number of carboxylic acids is 1. The largest absolute Gasteiger partial charge is 0.480 e. The molecule has 21 heavy (non-hydrogen) atoms. The van der Waals surface area contributed by atoms with Crippen molar-refractivity contribution in [3.05, 3.63) is 18.2 Å². The predicted molar refractivity (Wildman–Crippen MR) is 71.4 cm³/mol. The van der Waals surface area contributed by atoms with E-state index in [0.29, 0.717) is 18.8 Å². The molecule has 0 radical (unpaired) electrons. The van der Waals surface area contributed by atoms with Crippen LogP contribution in [-0.2, 0) is 16.0 Å². The molecule has 2 heterocycles. The van der Waals surface area contributed by atoms with E-state index in [2.05, 4.69) is 20.6 Å². The number of rotatable bonds is 4. The number of hydrogen-bond acceptors (Lipinski definition) is 4. The fourth-order valence-electron chi connectivity index (χ4n) is 2.03. The van der Waals surface area contributed by atoms with Gasteiger partial charge in [0.05, 0.1) is 6.33 Å². The average molecular weight is 295 g/mol. The summed E-state index contributed by atoms with van der Waals surface area (Å²) in [4.78, 5) is 42.6. The van der Waals surface area contributed by atoms with Gasteiger partial charge < -0.3 is 25.6 Å². The maximum absolute atomic E-state index is 12.1. The number of urea groups is 1. The van der Waals surface area contributed by atoms with Crippen LogP contribution in [0.4, 0.5) is 4.79 Å². The molecule has 1 fully saturated rings. The summed E-state index contributed by atoms with van der Waals surface area (Å²) in [7, 11) is 0. The van der Waals surface area contributed by atoms with Gasteiger partial charge in [0.15, 0.2) is 0 Å². The van der Waals surface area contributed by atoms with Gasteiger partial charge in [-0.05, 0) is 0 Å². The summed E-state index contributed by atoms with van der Waals surface area (Å²) in [5.74, 6) is -1.24. The molecule has 0 saturated carbocycles. The Kier molecular flexibility index (Phi) is 4.75.